The van der Waals surface area contributed by atoms with Crippen molar-refractivity contribution in [2.45, 2.75) is 26.7 Å². The Morgan fingerprint density at radius 1 is 0.909 bits per heavy atom. The van der Waals surface area contributed by atoms with Gasteiger partial charge in [0.15, 0.2) is 0 Å². The standard InChI is InChI=1S/C27H33N4.2HI/c1-4-31(3,5-2)15-9-12-21-22(19-10-7-6-8-11-19)17-25(29)24-18-30-26-14-13-20(28)16-23(26)27(21)24;;/h6-8,10-11,13-14,16-18H,4-5,9,12,15,28-29H2,1-3H3;2*1H/q+1;;/p-1. The zero-order valence-corrected chi connectivity index (χ0v) is 24.1. The maximum Gasteiger partial charge on any atom is 0.0787 e. The number of hydrogen-bond donors (Lipinski definition) is 2. The number of hydrogen-bond acceptors (Lipinski definition) is 3. The normalized spacial score (nSPS) is 11.2. The molecule has 4 rings (SSSR count). The van der Waals surface area contributed by atoms with E-state index in [4.69, 9.17) is 11.5 Å². The average Bonchev–Trinajstić information content (AvgIpc) is 2.80. The zero-order chi connectivity index (χ0) is 22.0. The van der Waals surface area contributed by atoms with E-state index in [1.54, 1.807) is 0 Å². The van der Waals surface area contributed by atoms with E-state index >= 15 is 0 Å². The maximum absolute atomic E-state index is 6.56. The Morgan fingerprint density at radius 3 is 2.27 bits per heavy atom. The summed E-state index contributed by atoms with van der Waals surface area (Å²) >= 11 is 0. The number of pyridine rings is 1. The molecule has 1 heterocycles. The second-order valence-corrected chi connectivity index (χ2v) is 8.76. The number of anilines is 2. The van der Waals surface area contributed by atoms with Crippen molar-refractivity contribution in [3.63, 3.8) is 0 Å². The molecule has 4 N–H and O–H groups in total. The van der Waals surface area contributed by atoms with Crippen molar-refractivity contribution < 1.29 is 28.5 Å². The third kappa shape index (κ3) is 5.71. The first-order valence-corrected chi connectivity index (χ1v) is 11.2. The quantitative estimate of drug-likeness (QED) is 0.138. The van der Waals surface area contributed by atoms with E-state index in [0.717, 1.165) is 64.6 Å². The van der Waals surface area contributed by atoms with Gasteiger partial charge in [-0.15, -0.1) is 24.0 Å². The van der Waals surface area contributed by atoms with Gasteiger partial charge in [0.1, 0.15) is 0 Å². The predicted molar refractivity (Wildman–Crippen MR) is 149 cm³/mol. The first-order chi connectivity index (χ1) is 15.0. The van der Waals surface area contributed by atoms with Crippen LogP contribution in [0.5, 0.6) is 0 Å². The minimum atomic E-state index is 0. The number of quaternary nitrogens is 1. The summed E-state index contributed by atoms with van der Waals surface area (Å²) in [5, 5.41) is 3.29. The first-order valence-electron chi connectivity index (χ1n) is 11.2. The van der Waals surface area contributed by atoms with Gasteiger partial charge < -0.3 is 39.9 Å². The van der Waals surface area contributed by atoms with Gasteiger partial charge in [-0.3, -0.25) is 4.98 Å². The summed E-state index contributed by atoms with van der Waals surface area (Å²) in [4.78, 5) is 4.66. The van der Waals surface area contributed by atoms with Gasteiger partial charge in [0.2, 0.25) is 0 Å². The molecule has 176 valence electrons. The van der Waals surface area contributed by atoms with Crippen LogP contribution in [0, 0.1) is 0 Å². The fraction of sp³-hybridized carbons (Fsp3) is 0.296. The third-order valence-corrected chi connectivity index (χ3v) is 6.87. The molecule has 0 unspecified atom stereocenters. The number of halogens is 2. The van der Waals surface area contributed by atoms with Gasteiger partial charge >= 0.3 is 0 Å². The van der Waals surface area contributed by atoms with Crippen molar-refractivity contribution >= 4 is 57.0 Å². The molecule has 3 aromatic carbocycles. The molecule has 0 aliphatic rings. The molecule has 0 spiro atoms. The van der Waals surface area contributed by atoms with Crippen molar-refractivity contribution in [2.24, 2.45) is 0 Å². The second-order valence-electron chi connectivity index (χ2n) is 8.76. The SMILES string of the molecule is CC[N+](C)(CC)CCCc1c(-c2ccccc2)cc(N)c2cnc3ccc(N)cc3c12.I.[I-]. The maximum atomic E-state index is 6.56. The summed E-state index contributed by atoms with van der Waals surface area (Å²) in [5.74, 6) is 0. The molecule has 0 fully saturated rings. The van der Waals surface area contributed by atoms with Gasteiger partial charge in [-0.1, -0.05) is 30.3 Å². The van der Waals surface area contributed by atoms with E-state index in [1.165, 1.54) is 22.1 Å². The molecule has 0 saturated heterocycles. The van der Waals surface area contributed by atoms with Crippen molar-refractivity contribution in [2.75, 3.05) is 38.1 Å². The van der Waals surface area contributed by atoms with Gasteiger partial charge in [-0.05, 0) is 66.6 Å². The number of benzene rings is 3. The van der Waals surface area contributed by atoms with Crippen LogP contribution in [-0.2, 0) is 6.42 Å². The number of fused-ring (bicyclic) bond motifs is 3. The third-order valence-electron chi connectivity index (χ3n) is 6.87. The number of nitrogen functional groups attached to an aromatic ring is 2. The highest BCUT2D eigenvalue weighted by Crippen LogP contribution is 2.38. The van der Waals surface area contributed by atoms with Crippen LogP contribution in [0.25, 0.3) is 32.8 Å². The Balaban J connectivity index is 0.00000193. The van der Waals surface area contributed by atoms with E-state index < -0.39 is 0 Å². The Morgan fingerprint density at radius 2 is 1.61 bits per heavy atom. The number of nitrogens with zero attached hydrogens (tertiary/aromatic N) is 2. The molecule has 0 aliphatic heterocycles. The molecule has 0 aliphatic carbocycles. The molecule has 0 bridgehead atoms. The van der Waals surface area contributed by atoms with Crippen LogP contribution >= 0.6 is 24.0 Å². The topological polar surface area (TPSA) is 64.9 Å². The average molecular weight is 668 g/mol. The summed E-state index contributed by atoms with van der Waals surface area (Å²) in [5.41, 5.74) is 19.0. The molecule has 0 amide bonds. The summed E-state index contributed by atoms with van der Waals surface area (Å²) in [6.45, 7) is 8.00. The fourth-order valence-electron chi connectivity index (χ4n) is 4.52. The first kappa shape index (κ1) is 27.6. The van der Waals surface area contributed by atoms with Crippen molar-refractivity contribution in [1.29, 1.82) is 0 Å². The Labute approximate surface area is 231 Å². The molecule has 1 aromatic heterocycles. The van der Waals surface area contributed by atoms with Crippen LogP contribution in [0.2, 0.25) is 0 Å². The number of aryl methyl sites for hydroxylation is 1. The van der Waals surface area contributed by atoms with Crippen LogP contribution in [0.3, 0.4) is 0 Å². The number of rotatable bonds is 7. The summed E-state index contributed by atoms with van der Waals surface area (Å²) in [6.07, 6.45) is 4.02. The molecule has 4 nitrogen and oxygen atoms in total. The lowest BCUT2D eigenvalue weighted by molar-refractivity contribution is -0.906. The smallest absolute Gasteiger partial charge is 0.0787 e. The summed E-state index contributed by atoms with van der Waals surface area (Å²) < 4.78 is 1.09. The molecule has 0 saturated carbocycles. The molecule has 0 radical (unpaired) electrons. The Kier molecular flexibility index (Phi) is 9.75. The van der Waals surface area contributed by atoms with Gasteiger partial charge in [0.05, 0.1) is 32.2 Å². The predicted octanol–water partition coefficient (Wildman–Crippen LogP) is 3.26. The fourth-order valence-corrected chi connectivity index (χ4v) is 4.52. The van der Waals surface area contributed by atoms with Crippen LogP contribution in [-0.4, -0.2) is 36.1 Å². The minimum Gasteiger partial charge on any atom is -1.00 e. The van der Waals surface area contributed by atoms with Crippen molar-refractivity contribution in [3.05, 3.63) is 66.4 Å². The van der Waals surface area contributed by atoms with Gasteiger partial charge in [-0.25, -0.2) is 0 Å². The Hall–Kier alpha value is -1.65. The number of nitrogens with two attached hydrogens (primary N) is 2. The van der Waals surface area contributed by atoms with E-state index in [2.05, 4.69) is 62.3 Å². The summed E-state index contributed by atoms with van der Waals surface area (Å²) in [7, 11) is 2.35. The molecular formula is C27H34I2N4. The minimum absolute atomic E-state index is 0. The molecule has 33 heavy (non-hydrogen) atoms. The van der Waals surface area contributed by atoms with Gasteiger partial charge in [0.25, 0.3) is 0 Å². The highest BCUT2D eigenvalue weighted by Gasteiger charge is 2.19. The Bertz CT molecular complexity index is 1220. The van der Waals surface area contributed by atoms with E-state index in [1.807, 2.05) is 24.4 Å². The van der Waals surface area contributed by atoms with E-state index in [-0.39, 0.29) is 48.0 Å². The molecule has 0 atom stereocenters. The summed E-state index contributed by atoms with van der Waals surface area (Å²) in [6, 6.07) is 18.6. The van der Waals surface area contributed by atoms with E-state index in [0.29, 0.717) is 0 Å². The van der Waals surface area contributed by atoms with Gasteiger partial charge in [-0.2, -0.15) is 0 Å². The van der Waals surface area contributed by atoms with Crippen LogP contribution < -0.4 is 35.4 Å². The number of aromatic nitrogens is 1. The molecular weight excluding hydrogens is 634 g/mol. The zero-order valence-electron chi connectivity index (χ0n) is 19.6. The van der Waals surface area contributed by atoms with Gasteiger partial charge in [0, 0.05) is 34.8 Å². The highest BCUT2D eigenvalue weighted by molar-refractivity contribution is 14.0. The molecule has 4 aromatic rings. The van der Waals surface area contributed by atoms with Crippen LogP contribution in [0.1, 0.15) is 25.8 Å². The lowest BCUT2D eigenvalue weighted by Crippen LogP contribution is -3.00. The van der Waals surface area contributed by atoms with Crippen molar-refractivity contribution in [1.82, 2.24) is 4.98 Å². The second kappa shape index (κ2) is 11.7. The monoisotopic (exact) mass is 668 g/mol. The largest absolute Gasteiger partial charge is 1.00 e. The van der Waals surface area contributed by atoms with Crippen molar-refractivity contribution in [3.8, 4) is 11.1 Å². The molecule has 6 heteroatoms. The van der Waals surface area contributed by atoms with Crippen LogP contribution in [0.4, 0.5) is 11.4 Å². The highest BCUT2D eigenvalue weighted by atomic mass is 127. The van der Waals surface area contributed by atoms with E-state index in [9.17, 15) is 0 Å². The lowest BCUT2D eigenvalue weighted by Gasteiger charge is -2.32. The lowest BCUT2D eigenvalue weighted by atomic mass is 9.89. The van der Waals surface area contributed by atoms with Crippen LogP contribution in [0.15, 0.2) is 60.8 Å².